The molecule has 0 fully saturated rings. The van der Waals surface area contributed by atoms with E-state index >= 15 is 0 Å². The van der Waals surface area contributed by atoms with Gasteiger partial charge in [0.15, 0.2) is 0 Å². The molecule has 0 aliphatic heterocycles. The molecule has 0 saturated carbocycles. The molecule has 0 spiro atoms. The van der Waals surface area contributed by atoms with Crippen molar-refractivity contribution < 1.29 is 18.0 Å². The molecule has 0 saturated heterocycles. The van der Waals surface area contributed by atoms with Crippen LogP contribution in [0.2, 0.25) is 4.34 Å². The van der Waals surface area contributed by atoms with E-state index in [0.717, 1.165) is 4.88 Å². The molecule has 0 radical (unpaired) electrons. The van der Waals surface area contributed by atoms with Crippen LogP contribution in [-0.4, -0.2) is 24.7 Å². The lowest BCUT2D eigenvalue weighted by Gasteiger charge is -2.14. The number of carbonyl (C=O) groups is 1. The molecular weight excluding hydrogens is 289 g/mol. The Morgan fingerprint density at radius 2 is 2.17 bits per heavy atom. The van der Waals surface area contributed by atoms with E-state index in [9.17, 15) is 18.0 Å². The van der Waals surface area contributed by atoms with Crippen molar-refractivity contribution in [3.8, 4) is 0 Å². The smallest absolute Gasteiger partial charge is 0.346 e. The van der Waals surface area contributed by atoms with Crippen LogP contribution in [0.3, 0.4) is 0 Å². The average molecular weight is 301 g/mol. The van der Waals surface area contributed by atoms with Crippen molar-refractivity contribution in [3.05, 3.63) is 21.3 Å². The molecule has 3 nitrogen and oxygen atoms in total. The van der Waals surface area contributed by atoms with E-state index < -0.39 is 24.7 Å². The molecule has 0 aromatic carbocycles. The summed E-state index contributed by atoms with van der Waals surface area (Å²) >= 11 is 7.07. The summed E-state index contributed by atoms with van der Waals surface area (Å²) in [6, 6.07) is 2.81. The van der Waals surface area contributed by atoms with Gasteiger partial charge in [0.1, 0.15) is 6.54 Å². The Hall–Kier alpha value is -0.790. The van der Waals surface area contributed by atoms with Crippen LogP contribution in [0, 0.1) is 0 Å². The molecule has 8 heteroatoms. The Balaban J connectivity index is 2.32. The zero-order valence-corrected chi connectivity index (χ0v) is 11.0. The topological polar surface area (TPSA) is 41.1 Å². The molecule has 1 atom stereocenters. The van der Waals surface area contributed by atoms with Gasteiger partial charge >= 0.3 is 6.18 Å². The number of thiophene rings is 1. The third-order valence-corrected chi connectivity index (χ3v) is 3.30. The number of halogens is 4. The Morgan fingerprint density at radius 3 is 2.67 bits per heavy atom. The molecule has 1 aromatic rings. The van der Waals surface area contributed by atoms with Gasteiger partial charge in [-0.1, -0.05) is 11.6 Å². The van der Waals surface area contributed by atoms with E-state index in [1.807, 2.05) is 5.32 Å². The summed E-state index contributed by atoms with van der Waals surface area (Å²) in [6.45, 7) is 0.571. The molecule has 0 aliphatic carbocycles. The minimum atomic E-state index is -4.39. The normalized spacial score (nSPS) is 13.4. The van der Waals surface area contributed by atoms with Gasteiger partial charge in [0.25, 0.3) is 0 Å². The number of hydrogen-bond donors (Lipinski definition) is 2. The van der Waals surface area contributed by atoms with Gasteiger partial charge in [-0.3, -0.25) is 4.79 Å². The Bertz CT molecular complexity index is 408. The molecule has 2 N–H and O–H groups in total. The highest BCUT2D eigenvalue weighted by molar-refractivity contribution is 7.16. The van der Waals surface area contributed by atoms with Crippen molar-refractivity contribution in [2.45, 2.75) is 25.7 Å². The second-order valence-corrected chi connectivity index (χ2v) is 5.44. The maximum absolute atomic E-state index is 11.9. The van der Waals surface area contributed by atoms with Crippen LogP contribution in [0.15, 0.2) is 12.1 Å². The standard InChI is InChI=1S/C10H12ClF3N2OS/c1-6(9(17)16-5-10(12,13)14)15-4-7-2-3-8(11)18-7/h2-3,6,15H,4-5H2,1H3,(H,16,17). The molecule has 1 heterocycles. The Morgan fingerprint density at radius 1 is 1.50 bits per heavy atom. The molecule has 18 heavy (non-hydrogen) atoms. The Kier molecular flexibility index (Phi) is 5.43. The highest BCUT2D eigenvalue weighted by Gasteiger charge is 2.28. The summed E-state index contributed by atoms with van der Waals surface area (Å²) < 4.78 is 36.3. The van der Waals surface area contributed by atoms with Crippen molar-refractivity contribution in [1.29, 1.82) is 0 Å². The maximum Gasteiger partial charge on any atom is 0.405 e. The predicted octanol–water partition coefficient (Wildman–Crippen LogP) is 2.56. The molecule has 0 aliphatic rings. The quantitative estimate of drug-likeness (QED) is 0.877. The minimum absolute atomic E-state index is 0.387. The molecule has 1 amide bonds. The summed E-state index contributed by atoms with van der Waals surface area (Å²) in [5.41, 5.74) is 0. The summed E-state index contributed by atoms with van der Waals surface area (Å²) in [7, 11) is 0. The number of alkyl halides is 3. The molecular formula is C10H12ClF3N2OS. The lowest BCUT2D eigenvalue weighted by molar-refractivity contribution is -0.139. The van der Waals surface area contributed by atoms with Crippen LogP contribution in [0.1, 0.15) is 11.8 Å². The first-order chi connectivity index (χ1) is 8.28. The first-order valence-corrected chi connectivity index (χ1v) is 6.29. The third-order valence-electron chi connectivity index (χ3n) is 2.07. The van der Waals surface area contributed by atoms with E-state index in [4.69, 9.17) is 11.6 Å². The Labute approximate surface area is 111 Å². The second kappa shape index (κ2) is 6.40. The number of nitrogens with one attached hydrogen (secondary N) is 2. The van der Waals surface area contributed by atoms with Gasteiger partial charge in [0.05, 0.1) is 10.4 Å². The SMILES string of the molecule is CC(NCc1ccc(Cl)s1)C(=O)NCC(F)(F)F. The number of carbonyl (C=O) groups excluding carboxylic acids is 1. The lowest BCUT2D eigenvalue weighted by atomic mass is 10.3. The summed E-state index contributed by atoms with van der Waals surface area (Å²) in [5.74, 6) is -0.685. The van der Waals surface area contributed by atoms with Crippen LogP contribution in [-0.2, 0) is 11.3 Å². The molecule has 1 rings (SSSR count). The van der Waals surface area contributed by atoms with Gasteiger partial charge in [0, 0.05) is 11.4 Å². The lowest BCUT2D eigenvalue weighted by Crippen LogP contribution is -2.44. The zero-order valence-electron chi connectivity index (χ0n) is 9.47. The van der Waals surface area contributed by atoms with Crippen LogP contribution in [0.4, 0.5) is 13.2 Å². The van der Waals surface area contributed by atoms with Gasteiger partial charge in [0.2, 0.25) is 5.91 Å². The molecule has 1 unspecified atom stereocenters. The van der Waals surface area contributed by atoms with E-state index in [2.05, 4.69) is 5.32 Å². The largest absolute Gasteiger partial charge is 0.405 e. The summed E-state index contributed by atoms with van der Waals surface area (Å²) in [5, 5.41) is 4.64. The van der Waals surface area contributed by atoms with Crippen LogP contribution >= 0.6 is 22.9 Å². The number of hydrogen-bond acceptors (Lipinski definition) is 3. The van der Waals surface area contributed by atoms with E-state index in [1.165, 1.54) is 18.3 Å². The van der Waals surface area contributed by atoms with Crippen molar-refractivity contribution in [2.75, 3.05) is 6.54 Å². The van der Waals surface area contributed by atoms with Gasteiger partial charge in [-0.15, -0.1) is 11.3 Å². The van der Waals surface area contributed by atoms with Gasteiger partial charge in [-0.25, -0.2) is 0 Å². The van der Waals surface area contributed by atoms with E-state index in [1.54, 1.807) is 12.1 Å². The van der Waals surface area contributed by atoms with Crippen LogP contribution < -0.4 is 10.6 Å². The predicted molar refractivity (Wildman–Crippen MR) is 64.7 cm³/mol. The fourth-order valence-electron chi connectivity index (χ4n) is 1.13. The molecule has 1 aromatic heterocycles. The monoisotopic (exact) mass is 300 g/mol. The van der Waals surface area contributed by atoms with Gasteiger partial charge < -0.3 is 10.6 Å². The highest BCUT2D eigenvalue weighted by atomic mass is 35.5. The molecule has 102 valence electrons. The third kappa shape index (κ3) is 5.70. The second-order valence-electron chi connectivity index (χ2n) is 3.64. The van der Waals surface area contributed by atoms with Gasteiger partial charge in [-0.05, 0) is 19.1 Å². The fourth-order valence-corrected chi connectivity index (χ4v) is 2.17. The summed E-state index contributed by atoms with van der Waals surface area (Å²) in [4.78, 5) is 12.2. The number of amides is 1. The van der Waals surface area contributed by atoms with Crippen LogP contribution in [0.25, 0.3) is 0 Å². The van der Waals surface area contributed by atoms with Gasteiger partial charge in [-0.2, -0.15) is 13.2 Å². The minimum Gasteiger partial charge on any atom is -0.346 e. The van der Waals surface area contributed by atoms with Crippen molar-refractivity contribution >= 4 is 28.8 Å². The zero-order chi connectivity index (χ0) is 13.8. The van der Waals surface area contributed by atoms with E-state index in [-0.39, 0.29) is 0 Å². The summed E-state index contributed by atoms with van der Waals surface area (Å²) in [6.07, 6.45) is -4.39. The van der Waals surface area contributed by atoms with E-state index in [0.29, 0.717) is 10.9 Å². The first kappa shape index (κ1) is 15.3. The van der Waals surface area contributed by atoms with Crippen molar-refractivity contribution in [1.82, 2.24) is 10.6 Å². The molecule has 0 bridgehead atoms. The maximum atomic E-state index is 11.9. The average Bonchev–Trinajstić information content (AvgIpc) is 2.67. The number of rotatable bonds is 5. The highest BCUT2D eigenvalue weighted by Crippen LogP contribution is 2.21. The van der Waals surface area contributed by atoms with Crippen molar-refractivity contribution in [3.63, 3.8) is 0 Å². The first-order valence-electron chi connectivity index (χ1n) is 5.10. The van der Waals surface area contributed by atoms with Crippen LogP contribution in [0.5, 0.6) is 0 Å². The van der Waals surface area contributed by atoms with Crippen molar-refractivity contribution in [2.24, 2.45) is 0 Å². The fraction of sp³-hybridized carbons (Fsp3) is 0.500.